The van der Waals surface area contributed by atoms with Crippen LogP contribution in [0.25, 0.3) is 166 Å². The van der Waals surface area contributed by atoms with Crippen molar-refractivity contribution in [2.45, 2.75) is 10.8 Å². The fourth-order valence-electron chi connectivity index (χ4n) is 23.2. The molecular formula is C126H80N4. The first-order valence-electron chi connectivity index (χ1n) is 45.2. The minimum atomic E-state index is -0.558. The molecule has 2 atom stereocenters. The van der Waals surface area contributed by atoms with E-state index in [1.165, 1.54) is 171 Å². The highest BCUT2D eigenvalue weighted by Gasteiger charge is 2.54. The summed E-state index contributed by atoms with van der Waals surface area (Å²) >= 11 is 0. The standard InChI is InChI=1S/C126H80N4/c1-4-31-93(32-5-1)127(94-33-6-2-7-34-94)96-65-56-85(57-66-96)91-61-70-103-101-38-12-18-44-109(101)125(115(103)79-91)111-46-20-14-40-105(111)121-113(125)72-74-119-123(121)107-42-16-22-48-117(107)129(119)99-37-25-30-90(78-99)88-29-24-28-87(76-88)84-52-50-82(51-53-84)83-54-63-97(64-55-83)128(95-35-8-3-9-36-95)98-67-58-86(59-68-98)92-62-71-104-102-39-13-19-45-110(102)126(116(104)80-92)112-47-21-15-41-106(112)122-114(126)73-75-120-124(122)108-43-17-23-49-118(108)130(120)100-69-60-81-26-10-11-27-89(81)77-100/h1-80H. The van der Waals surface area contributed by atoms with E-state index in [0.717, 1.165) is 73.3 Å². The van der Waals surface area contributed by atoms with Gasteiger partial charge in [-0.2, -0.15) is 0 Å². The number of aromatic nitrogens is 2. The first-order chi connectivity index (χ1) is 64.5. The van der Waals surface area contributed by atoms with E-state index in [1.54, 1.807) is 0 Å². The Morgan fingerprint density at radius 3 is 0.931 bits per heavy atom. The van der Waals surface area contributed by atoms with Crippen molar-refractivity contribution in [2.75, 3.05) is 9.80 Å². The molecular weight excluding hydrogens is 1570 g/mol. The number of rotatable bonds is 13. The molecule has 130 heavy (non-hydrogen) atoms. The Hall–Kier alpha value is -16.9. The van der Waals surface area contributed by atoms with Crippen LogP contribution in [0.3, 0.4) is 0 Å². The van der Waals surface area contributed by atoms with Crippen molar-refractivity contribution in [3.63, 3.8) is 0 Å². The first kappa shape index (κ1) is 73.4. The molecule has 0 bridgehead atoms. The largest absolute Gasteiger partial charge is 0.311 e. The summed E-state index contributed by atoms with van der Waals surface area (Å²) in [5.41, 5.74) is 45.2. The molecule has 2 heterocycles. The molecule has 0 saturated heterocycles. The van der Waals surface area contributed by atoms with Gasteiger partial charge in [-0.3, -0.25) is 0 Å². The zero-order valence-electron chi connectivity index (χ0n) is 71.0. The number of nitrogens with zero attached hydrogens (tertiary/aromatic N) is 4. The van der Waals surface area contributed by atoms with Gasteiger partial charge in [0.05, 0.1) is 32.9 Å². The quantitative estimate of drug-likeness (QED) is 0.114. The van der Waals surface area contributed by atoms with Crippen LogP contribution >= 0.6 is 0 Å². The Morgan fingerprint density at radius 2 is 0.477 bits per heavy atom. The Balaban J connectivity index is 0.485. The summed E-state index contributed by atoms with van der Waals surface area (Å²) in [4.78, 5) is 4.70. The second-order valence-corrected chi connectivity index (χ2v) is 35.2. The molecule has 21 aromatic carbocycles. The van der Waals surface area contributed by atoms with Gasteiger partial charge in [0.1, 0.15) is 0 Å². The second-order valence-electron chi connectivity index (χ2n) is 35.2. The Bertz CT molecular complexity index is 8540. The molecule has 2 unspecified atom stereocenters. The van der Waals surface area contributed by atoms with Gasteiger partial charge in [0.15, 0.2) is 0 Å². The van der Waals surface area contributed by atoms with Crippen LogP contribution in [0.1, 0.15) is 44.5 Å². The van der Waals surface area contributed by atoms with Gasteiger partial charge in [-0.25, -0.2) is 0 Å². The summed E-state index contributed by atoms with van der Waals surface area (Å²) < 4.78 is 4.99. The van der Waals surface area contributed by atoms with Gasteiger partial charge in [0.25, 0.3) is 0 Å². The molecule has 2 aromatic heterocycles. The van der Waals surface area contributed by atoms with Crippen molar-refractivity contribution in [1.82, 2.24) is 9.13 Å². The molecule has 0 radical (unpaired) electrons. The van der Waals surface area contributed by atoms with Crippen LogP contribution in [0.4, 0.5) is 34.1 Å². The predicted octanol–water partition coefficient (Wildman–Crippen LogP) is 33.0. The zero-order chi connectivity index (χ0) is 85.3. The van der Waals surface area contributed by atoms with Crippen molar-refractivity contribution >= 4 is 88.5 Å². The van der Waals surface area contributed by atoms with Gasteiger partial charge < -0.3 is 18.9 Å². The molecule has 0 aliphatic heterocycles. The molecule has 4 aliphatic rings. The van der Waals surface area contributed by atoms with Crippen molar-refractivity contribution in [1.29, 1.82) is 0 Å². The smallest absolute Gasteiger partial charge is 0.0726 e. The summed E-state index contributed by atoms with van der Waals surface area (Å²) in [6, 6.07) is 181. The van der Waals surface area contributed by atoms with Crippen LogP contribution in [0.2, 0.25) is 0 Å². The molecule has 4 aliphatic carbocycles. The van der Waals surface area contributed by atoms with Crippen LogP contribution in [0.15, 0.2) is 485 Å². The van der Waals surface area contributed by atoms with Gasteiger partial charge in [0, 0.05) is 67.0 Å². The van der Waals surface area contributed by atoms with Crippen LogP contribution < -0.4 is 9.80 Å². The molecule has 4 heteroatoms. The van der Waals surface area contributed by atoms with Crippen LogP contribution in [0, 0.1) is 0 Å². The van der Waals surface area contributed by atoms with Crippen molar-refractivity contribution in [2.24, 2.45) is 0 Å². The molecule has 0 saturated carbocycles. The minimum Gasteiger partial charge on any atom is -0.311 e. The van der Waals surface area contributed by atoms with Gasteiger partial charge in [-0.1, -0.05) is 346 Å². The lowest BCUT2D eigenvalue weighted by Crippen LogP contribution is -2.25. The second kappa shape index (κ2) is 28.8. The van der Waals surface area contributed by atoms with Gasteiger partial charge >= 0.3 is 0 Å². The van der Waals surface area contributed by atoms with Crippen LogP contribution in [-0.2, 0) is 10.8 Å². The third kappa shape index (κ3) is 10.8. The normalized spacial score (nSPS) is 14.5. The number of hydrogen-bond acceptors (Lipinski definition) is 2. The molecule has 604 valence electrons. The number of hydrogen-bond donors (Lipinski definition) is 0. The number of benzene rings is 21. The highest BCUT2D eigenvalue weighted by molar-refractivity contribution is 6.21. The predicted molar refractivity (Wildman–Crippen MR) is 542 cm³/mol. The fraction of sp³-hybridized carbons (Fsp3) is 0.0159. The van der Waals surface area contributed by atoms with Gasteiger partial charge in [-0.15, -0.1) is 0 Å². The SMILES string of the molecule is c1ccc(N(c2ccccc2)c2ccc(-c3ccc4c(c3)C3(c5ccccc5-4)c4ccccc4-c4c3ccc3c4c4ccccc4n3-c3cccc(-c4cccc(-c5ccc(-c6ccc(N(c7ccccc7)c7ccc(-c8ccc9c(c8)C8(c%10ccccc%10-9)c9ccccc9-c9c8ccc8c9c9ccccc9n8-c8ccc9ccccc9c8)cc7)cc6)cc5)c4)c3)cc2)cc1. The Kier molecular flexibility index (Phi) is 16.3. The van der Waals surface area contributed by atoms with Crippen molar-refractivity contribution in [3.8, 4) is 112 Å². The first-order valence-corrected chi connectivity index (χ1v) is 45.2. The van der Waals surface area contributed by atoms with Crippen molar-refractivity contribution < 1.29 is 0 Å². The summed E-state index contributed by atoms with van der Waals surface area (Å²) in [5, 5.41) is 7.53. The maximum Gasteiger partial charge on any atom is 0.0726 e. The molecule has 23 aromatic rings. The van der Waals surface area contributed by atoms with E-state index >= 15 is 0 Å². The van der Waals surface area contributed by atoms with E-state index in [2.05, 4.69) is 504 Å². The summed E-state index contributed by atoms with van der Waals surface area (Å²) in [5.74, 6) is 0. The zero-order valence-corrected chi connectivity index (χ0v) is 71.0. The number of para-hydroxylation sites is 5. The molecule has 27 rings (SSSR count). The fourth-order valence-corrected chi connectivity index (χ4v) is 23.2. The molecule has 4 nitrogen and oxygen atoms in total. The lowest BCUT2D eigenvalue weighted by Gasteiger charge is -2.31. The summed E-state index contributed by atoms with van der Waals surface area (Å²) in [6.07, 6.45) is 0. The van der Waals surface area contributed by atoms with Crippen molar-refractivity contribution in [3.05, 3.63) is 530 Å². The topological polar surface area (TPSA) is 16.3 Å². The van der Waals surface area contributed by atoms with E-state index in [-0.39, 0.29) is 0 Å². The lowest BCUT2D eigenvalue weighted by molar-refractivity contribution is 0.794. The number of fused-ring (bicyclic) bond motifs is 29. The maximum atomic E-state index is 2.51. The van der Waals surface area contributed by atoms with E-state index < -0.39 is 10.8 Å². The average molecular weight is 1650 g/mol. The molecule has 0 N–H and O–H groups in total. The van der Waals surface area contributed by atoms with Crippen LogP contribution in [-0.4, -0.2) is 9.13 Å². The lowest BCUT2D eigenvalue weighted by atomic mass is 9.70. The van der Waals surface area contributed by atoms with E-state index in [9.17, 15) is 0 Å². The molecule has 0 fully saturated rings. The highest BCUT2D eigenvalue weighted by atomic mass is 15.1. The third-order valence-electron chi connectivity index (χ3n) is 28.7. The van der Waals surface area contributed by atoms with Gasteiger partial charge in [-0.05, 0) is 295 Å². The minimum absolute atomic E-state index is 0.544. The molecule has 2 spiro atoms. The van der Waals surface area contributed by atoms with E-state index in [0.29, 0.717) is 0 Å². The van der Waals surface area contributed by atoms with E-state index in [4.69, 9.17) is 0 Å². The van der Waals surface area contributed by atoms with Gasteiger partial charge in [0.2, 0.25) is 0 Å². The Morgan fingerprint density at radius 1 is 0.162 bits per heavy atom. The maximum absolute atomic E-state index is 2.51. The summed E-state index contributed by atoms with van der Waals surface area (Å²) in [7, 11) is 0. The third-order valence-corrected chi connectivity index (χ3v) is 28.7. The number of anilines is 6. The molecule has 0 amide bonds. The summed E-state index contributed by atoms with van der Waals surface area (Å²) in [6.45, 7) is 0. The Labute approximate surface area is 754 Å². The van der Waals surface area contributed by atoms with Crippen LogP contribution in [0.5, 0.6) is 0 Å². The average Bonchev–Trinajstić information content (AvgIpc) is 1.50. The highest BCUT2D eigenvalue weighted by Crippen LogP contribution is 2.67. The van der Waals surface area contributed by atoms with E-state index in [1.807, 2.05) is 0 Å². The monoisotopic (exact) mass is 1650 g/mol.